The quantitative estimate of drug-likeness (QED) is 0.398. The number of nitrogens with one attached hydrogen (secondary N) is 1. The van der Waals surface area contributed by atoms with Crippen LogP contribution in [0.5, 0.6) is 0 Å². The van der Waals surface area contributed by atoms with Gasteiger partial charge < -0.3 is 0 Å². The molecule has 5 nitrogen and oxygen atoms in total. The zero-order valence-electron chi connectivity index (χ0n) is 7.72. The molecule has 0 saturated heterocycles. The topological polar surface area (TPSA) is 72.2 Å². The lowest BCUT2D eigenvalue weighted by Crippen LogP contribution is -2.21. The Hall–Kier alpha value is -0.980. The maximum Gasteiger partial charge on any atom is 0.269 e. The fourth-order valence-electron chi connectivity index (χ4n) is 0.790. The molecule has 0 spiro atoms. The van der Waals surface area contributed by atoms with Gasteiger partial charge >= 0.3 is 0 Å². The molecule has 16 heavy (non-hydrogen) atoms. The summed E-state index contributed by atoms with van der Waals surface area (Å²) in [6, 6.07) is 5.71. The lowest BCUT2D eigenvalue weighted by atomic mass is 10.3. The maximum absolute atomic E-state index is 11.0. The molecule has 1 amide bonds. The lowest BCUT2D eigenvalue weighted by Gasteiger charge is -2.03. The van der Waals surface area contributed by atoms with Crippen LogP contribution in [-0.4, -0.2) is 15.7 Å². The summed E-state index contributed by atoms with van der Waals surface area (Å²) in [4.78, 5) is 20.4. The van der Waals surface area contributed by atoms with E-state index in [-0.39, 0.29) is 5.69 Å². The molecule has 0 aliphatic rings. The number of nitro groups is 1. The number of amides is 1. The number of hydrogen-bond acceptors (Lipinski definition) is 4. The van der Waals surface area contributed by atoms with E-state index in [2.05, 4.69) is 4.72 Å². The minimum Gasteiger partial charge on any atom is -0.294 e. The van der Waals surface area contributed by atoms with Crippen LogP contribution in [-0.2, 0) is 4.79 Å². The number of halogens is 2. The van der Waals surface area contributed by atoms with Gasteiger partial charge in [0, 0.05) is 17.0 Å². The highest BCUT2D eigenvalue weighted by atomic mass is 35.5. The van der Waals surface area contributed by atoms with E-state index in [1.165, 1.54) is 24.3 Å². The normalized spacial score (nSPS) is 10.2. The van der Waals surface area contributed by atoms with Crippen molar-refractivity contribution in [3.63, 3.8) is 0 Å². The van der Waals surface area contributed by atoms with E-state index in [0.29, 0.717) is 4.90 Å². The highest BCUT2D eigenvalue weighted by Gasteiger charge is 2.11. The van der Waals surface area contributed by atoms with E-state index in [9.17, 15) is 14.9 Å². The summed E-state index contributed by atoms with van der Waals surface area (Å²) in [5, 5.41) is 10.4. The zero-order chi connectivity index (χ0) is 12.1. The fraction of sp³-hybridized carbons (Fsp3) is 0.125. The summed E-state index contributed by atoms with van der Waals surface area (Å²) in [6.45, 7) is 0. The van der Waals surface area contributed by atoms with Gasteiger partial charge in [0.1, 0.15) is 0 Å². The van der Waals surface area contributed by atoms with Crippen LogP contribution in [0.2, 0.25) is 0 Å². The Labute approximate surface area is 105 Å². The molecule has 0 aliphatic heterocycles. The van der Waals surface area contributed by atoms with Crippen LogP contribution >= 0.6 is 35.1 Å². The predicted octanol–water partition coefficient (Wildman–Crippen LogP) is 2.52. The molecule has 86 valence electrons. The largest absolute Gasteiger partial charge is 0.294 e. The zero-order valence-corrected chi connectivity index (χ0v) is 10.1. The van der Waals surface area contributed by atoms with Crippen LogP contribution in [0.15, 0.2) is 29.2 Å². The molecule has 0 aromatic heterocycles. The minimum atomic E-state index is -1.13. The van der Waals surface area contributed by atoms with Gasteiger partial charge in [-0.1, -0.05) is 23.2 Å². The standard InChI is InChI=1S/C8H6Cl2N2O3S/c9-7(10)8(13)11-16-6-3-1-5(2-4-6)12(14)15/h1-4,7H,(H,11,13). The molecule has 0 radical (unpaired) electrons. The van der Waals surface area contributed by atoms with E-state index >= 15 is 0 Å². The average molecular weight is 281 g/mol. The summed E-state index contributed by atoms with van der Waals surface area (Å²) >= 11 is 11.6. The van der Waals surface area contributed by atoms with Gasteiger partial charge in [-0.3, -0.25) is 19.6 Å². The molecule has 0 atom stereocenters. The molecular formula is C8H6Cl2N2O3S. The number of non-ortho nitro benzene ring substituents is 1. The number of carbonyl (C=O) groups is 1. The second kappa shape index (κ2) is 5.93. The van der Waals surface area contributed by atoms with Crippen LogP contribution in [0.3, 0.4) is 0 Å². The van der Waals surface area contributed by atoms with Crippen molar-refractivity contribution in [2.24, 2.45) is 0 Å². The van der Waals surface area contributed by atoms with Crippen molar-refractivity contribution in [2.75, 3.05) is 0 Å². The Morgan fingerprint density at radius 2 is 1.94 bits per heavy atom. The first kappa shape index (κ1) is 13.1. The van der Waals surface area contributed by atoms with Gasteiger partial charge in [0.2, 0.25) is 0 Å². The van der Waals surface area contributed by atoms with E-state index in [1.807, 2.05) is 0 Å². The first-order valence-corrected chi connectivity index (χ1v) is 5.69. The smallest absolute Gasteiger partial charge is 0.269 e. The second-order valence-electron chi connectivity index (χ2n) is 2.62. The van der Waals surface area contributed by atoms with Crippen molar-refractivity contribution in [1.82, 2.24) is 4.72 Å². The van der Waals surface area contributed by atoms with E-state index < -0.39 is 15.7 Å². The van der Waals surface area contributed by atoms with Gasteiger partial charge in [-0.25, -0.2) is 0 Å². The molecule has 1 aromatic rings. The van der Waals surface area contributed by atoms with Crippen LogP contribution in [0.1, 0.15) is 0 Å². The minimum absolute atomic E-state index is 0.0109. The third-order valence-corrected chi connectivity index (χ3v) is 2.72. The molecular weight excluding hydrogens is 275 g/mol. The maximum atomic E-state index is 11.0. The molecule has 0 fully saturated rings. The number of carbonyl (C=O) groups excluding carboxylic acids is 1. The third-order valence-electron chi connectivity index (χ3n) is 1.52. The molecule has 1 N–H and O–H groups in total. The van der Waals surface area contributed by atoms with Crippen molar-refractivity contribution >= 4 is 46.7 Å². The number of benzene rings is 1. The summed E-state index contributed by atoms with van der Waals surface area (Å²) in [5.74, 6) is -0.535. The predicted molar refractivity (Wildman–Crippen MR) is 62.6 cm³/mol. The van der Waals surface area contributed by atoms with Crippen molar-refractivity contribution in [2.45, 2.75) is 9.73 Å². The number of hydrogen-bond donors (Lipinski definition) is 1. The van der Waals surface area contributed by atoms with Gasteiger partial charge in [-0.15, -0.1) is 0 Å². The highest BCUT2D eigenvalue weighted by Crippen LogP contribution is 2.19. The molecule has 1 rings (SSSR count). The van der Waals surface area contributed by atoms with Crippen molar-refractivity contribution in [1.29, 1.82) is 0 Å². The summed E-state index contributed by atoms with van der Waals surface area (Å²) in [5.41, 5.74) is -0.0109. The molecule has 0 bridgehead atoms. The molecule has 0 saturated carbocycles. The van der Waals surface area contributed by atoms with Crippen molar-refractivity contribution < 1.29 is 9.72 Å². The summed E-state index contributed by atoms with van der Waals surface area (Å²) in [7, 11) is 0. The molecule has 0 aliphatic carbocycles. The first-order valence-electron chi connectivity index (χ1n) is 4.00. The van der Waals surface area contributed by atoms with Crippen LogP contribution in [0, 0.1) is 10.1 Å². The third kappa shape index (κ3) is 3.88. The highest BCUT2D eigenvalue weighted by molar-refractivity contribution is 7.98. The first-order chi connectivity index (χ1) is 7.50. The Balaban J connectivity index is 2.56. The van der Waals surface area contributed by atoms with Crippen molar-refractivity contribution in [3.8, 4) is 0 Å². The van der Waals surface area contributed by atoms with E-state index in [0.717, 1.165) is 11.9 Å². The Morgan fingerprint density at radius 1 is 1.38 bits per heavy atom. The Kier molecular flexibility index (Phi) is 4.85. The van der Waals surface area contributed by atoms with Gasteiger partial charge in [0.05, 0.1) is 4.92 Å². The monoisotopic (exact) mass is 280 g/mol. The van der Waals surface area contributed by atoms with E-state index in [1.54, 1.807) is 0 Å². The molecule has 0 unspecified atom stereocenters. The molecule has 0 heterocycles. The molecule has 1 aromatic carbocycles. The Bertz CT molecular complexity index is 397. The number of alkyl halides is 2. The van der Waals surface area contributed by atoms with Gasteiger partial charge in [0.25, 0.3) is 11.6 Å². The molecule has 8 heteroatoms. The fourth-order valence-corrected chi connectivity index (χ4v) is 1.64. The van der Waals surface area contributed by atoms with Gasteiger partial charge in [-0.05, 0) is 24.1 Å². The number of nitrogens with zero attached hydrogens (tertiary/aromatic N) is 1. The average Bonchev–Trinajstić information content (AvgIpc) is 2.26. The van der Waals surface area contributed by atoms with Crippen LogP contribution < -0.4 is 4.72 Å². The van der Waals surface area contributed by atoms with Gasteiger partial charge in [0.15, 0.2) is 4.84 Å². The number of rotatable bonds is 4. The second-order valence-corrected chi connectivity index (χ2v) is 4.60. The van der Waals surface area contributed by atoms with E-state index in [4.69, 9.17) is 23.2 Å². The lowest BCUT2D eigenvalue weighted by molar-refractivity contribution is -0.384. The van der Waals surface area contributed by atoms with Crippen molar-refractivity contribution in [3.05, 3.63) is 34.4 Å². The van der Waals surface area contributed by atoms with Gasteiger partial charge in [-0.2, -0.15) is 0 Å². The summed E-state index contributed by atoms with van der Waals surface area (Å²) in [6.07, 6.45) is 0. The van der Waals surface area contributed by atoms with Crippen LogP contribution in [0.25, 0.3) is 0 Å². The van der Waals surface area contributed by atoms with Crippen LogP contribution in [0.4, 0.5) is 5.69 Å². The summed E-state index contributed by atoms with van der Waals surface area (Å²) < 4.78 is 2.39. The Morgan fingerprint density at radius 3 is 2.38 bits per heavy atom. The SMILES string of the molecule is O=C(NSc1ccc([N+](=O)[O-])cc1)C(Cl)Cl. The number of nitro benzene ring substituents is 1.